The predicted octanol–water partition coefficient (Wildman–Crippen LogP) is 2.87. The van der Waals surface area contributed by atoms with Crippen molar-refractivity contribution in [3.05, 3.63) is 54.1 Å². The molecule has 0 spiro atoms. The van der Waals surface area contributed by atoms with Crippen molar-refractivity contribution in [2.75, 3.05) is 19.0 Å². The normalized spacial score (nSPS) is 12.4. The molecule has 0 saturated carbocycles. The monoisotopic (exact) mass is 358 g/mol. The Morgan fingerprint density at radius 2 is 1.92 bits per heavy atom. The third-order valence-corrected chi connectivity index (χ3v) is 4.83. The first-order valence-electron chi connectivity index (χ1n) is 8.24. The predicted molar refractivity (Wildman–Crippen MR) is 100 cm³/mol. The summed E-state index contributed by atoms with van der Waals surface area (Å²) in [7, 11) is 0. The first-order valence-corrected chi connectivity index (χ1v) is 9.23. The lowest BCUT2D eigenvalue weighted by Crippen LogP contribution is -2.20. The van der Waals surface area contributed by atoms with E-state index in [-0.39, 0.29) is 6.61 Å². The molecule has 132 valence electrons. The first kappa shape index (κ1) is 17.8. The number of ether oxygens (including phenoxy) is 1. The minimum atomic E-state index is -0.805. The summed E-state index contributed by atoms with van der Waals surface area (Å²) in [6, 6.07) is 15.8. The number of nitrogens with zero attached hydrogens (tertiary/aromatic N) is 2. The number of aryl methyl sites for hydroxylation is 1. The molecule has 1 atom stereocenters. The van der Waals surface area contributed by atoms with Gasteiger partial charge >= 0.3 is 0 Å². The molecule has 0 aliphatic heterocycles. The van der Waals surface area contributed by atoms with Crippen molar-refractivity contribution in [1.29, 1.82) is 0 Å². The van der Waals surface area contributed by atoms with Crippen molar-refractivity contribution in [2.24, 2.45) is 0 Å². The average Bonchev–Trinajstić information content (AvgIpc) is 2.97. The van der Waals surface area contributed by atoms with Crippen LogP contribution in [0.5, 0.6) is 5.75 Å². The van der Waals surface area contributed by atoms with Crippen molar-refractivity contribution in [3.8, 4) is 5.75 Å². The molecule has 0 amide bonds. The molecule has 1 aromatic heterocycles. The van der Waals surface area contributed by atoms with Gasteiger partial charge in [0, 0.05) is 5.75 Å². The summed E-state index contributed by atoms with van der Waals surface area (Å²) in [5.41, 5.74) is 2.96. The molecule has 0 fully saturated rings. The fraction of sp³-hybridized carbons (Fsp3) is 0.316. The van der Waals surface area contributed by atoms with Gasteiger partial charge in [0.25, 0.3) is 0 Å². The van der Waals surface area contributed by atoms with Crippen molar-refractivity contribution < 1.29 is 14.9 Å². The smallest absolute Gasteiger partial charge is 0.169 e. The molecule has 3 aromatic rings. The minimum absolute atomic E-state index is 0.271. The number of imidazole rings is 1. The second kappa shape index (κ2) is 8.38. The summed E-state index contributed by atoms with van der Waals surface area (Å²) < 4.78 is 7.78. The Labute approximate surface area is 151 Å². The Hall–Kier alpha value is -2.02. The highest BCUT2D eigenvalue weighted by Crippen LogP contribution is 2.25. The van der Waals surface area contributed by atoms with Crippen LogP contribution in [0.15, 0.2) is 53.7 Å². The molecule has 0 radical (unpaired) electrons. The number of thioether (sulfide) groups is 1. The van der Waals surface area contributed by atoms with Gasteiger partial charge in [0.05, 0.1) is 36.9 Å². The van der Waals surface area contributed by atoms with Crippen LogP contribution in [0.4, 0.5) is 0 Å². The van der Waals surface area contributed by atoms with Gasteiger partial charge in [-0.25, -0.2) is 4.98 Å². The number of rotatable bonds is 8. The highest BCUT2D eigenvalue weighted by Gasteiger charge is 2.14. The number of aromatic nitrogens is 2. The zero-order valence-electron chi connectivity index (χ0n) is 14.1. The van der Waals surface area contributed by atoms with Crippen LogP contribution in [0, 0.1) is 6.92 Å². The SMILES string of the molecule is Cc1ccccc1OCCSc1nc2ccccc2n1C[C@H](O)CO. The minimum Gasteiger partial charge on any atom is -0.492 e. The standard InChI is InChI=1S/C19H22N2O3S/c1-14-6-2-5-9-18(14)24-10-11-25-19-20-16-7-3-4-8-17(16)21(19)12-15(23)13-22/h2-9,15,22-23H,10-13H2,1H3/t15-/m0/s1. The Morgan fingerprint density at radius 3 is 2.72 bits per heavy atom. The highest BCUT2D eigenvalue weighted by atomic mass is 32.2. The lowest BCUT2D eigenvalue weighted by Gasteiger charge is -2.13. The average molecular weight is 358 g/mol. The van der Waals surface area contributed by atoms with Gasteiger partial charge in [-0.15, -0.1) is 0 Å². The lowest BCUT2D eigenvalue weighted by atomic mass is 10.2. The zero-order chi connectivity index (χ0) is 17.6. The summed E-state index contributed by atoms with van der Waals surface area (Å²) in [6.45, 7) is 2.64. The first-order chi connectivity index (χ1) is 12.2. The largest absolute Gasteiger partial charge is 0.492 e. The maximum atomic E-state index is 9.83. The molecule has 0 aliphatic rings. The maximum Gasteiger partial charge on any atom is 0.169 e. The lowest BCUT2D eigenvalue weighted by molar-refractivity contribution is 0.0802. The number of hydrogen-bond donors (Lipinski definition) is 2. The van der Waals surface area contributed by atoms with Crippen molar-refractivity contribution in [3.63, 3.8) is 0 Å². The Bertz CT molecular complexity index is 834. The molecular weight excluding hydrogens is 336 g/mol. The van der Waals surface area contributed by atoms with E-state index in [0.717, 1.165) is 33.3 Å². The Balaban J connectivity index is 1.68. The highest BCUT2D eigenvalue weighted by molar-refractivity contribution is 7.99. The second-order valence-electron chi connectivity index (χ2n) is 5.79. The molecule has 0 saturated heterocycles. The molecule has 5 nitrogen and oxygen atoms in total. The zero-order valence-corrected chi connectivity index (χ0v) is 14.9. The van der Waals surface area contributed by atoms with Crippen molar-refractivity contribution in [2.45, 2.75) is 24.7 Å². The van der Waals surface area contributed by atoms with Gasteiger partial charge in [0.2, 0.25) is 0 Å². The second-order valence-corrected chi connectivity index (χ2v) is 6.85. The van der Waals surface area contributed by atoms with E-state index in [4.69, 9.17) is 9.84 Å². The Morgan fingerprint density at radius 1 is 1.16 bits per heavy atom. The van der Waals surface area contributed by atoms with Gasteiger partial charge in [0.15, 0.2) is 5.16 Å². The molecular formula is C19H22N2O3S. The number of aliphatic hydroxyl groups is 2. The summed E-state index contributed by atoms with van der Waals surface area (Å²) in [5, 5.41) is 19.8. The van der Waals surface area contributed by atoms with Gasteiger partial charge in [-0.2, -0.15) is 0 Å². The van der Waals surface area contributed by atoms with Crippen LogP contribution in [0.3, 0.4) is 0 Å². The van der Waals surface area contributed by atoms with Gasteiger partial charge < -0.3 is 19.5 Å². The number of para-hydroxylation sites is 3. The molecule has 25 heavy (non-hydrogen) atoms. The molecule has 1 heterocycles. The molecule has 0 unspecified atom stereocenters. The van der Waals surface area contributed by atoms with E-state index >= 15 is 0 Å². The Kier molecular flexibility index (Phi) is 5.96. The van der Waals surface area contributed by atoms with E-state index in [1.807, 2.05) is 60.0 Å². The van der Waals surface area contributed by atoms with Crippen LogP contribution in [-0.4, -0.2) is 44.8 Å². The van der Waals surface area contributed by atoms with Gasteiger partial charge in [-0.3, -0.25) is 0 Å². The van der Waals surface area contributed by atoms with Crippen LogP contribution >= 0.6 is 11.8 Å². The third kappa shape index (κ3) is 4.34. The molecule has 2 aromatic carbocycles. The van der Waals surface area contributed by atoms with E-state index < -0.39 is 6.10 Å². The van der Waals surface area contributed by atoms with Crippen molar-refractivity contribution >= 4 is 22.8 Å². The van der Waals surface area contributed by atoms with Gasteiger partial charge in [-0.1, -0.05) is 42.1 Å². The molecule has 6 heteroatoms. The van der Waals surface area contributed by atoms with Crippen LogP contribution < -0.4 is 4.74 Å². The van der Waals surface area contributed by atoms with Gasteiger partial charge in [0.1, 0.15) is 5.75 Å². The summed E-state index contributed by atoms with van der Waals surface area (Å²) in [5.74, 6) is 1.64. The maximum absolute atomic E-state index is 9.83. The van der Waals surface area contributed by atoms with Crippen LogP contribution in [-0.2, 0) is 6.54 Å². The summed E-state index contributed by atoms with van der Waals surface area (Å²) in [4.78, 5) is 4.64. The quantitative estimate of drug-likeness (QED) is 0.479. The molecule has 2 N–H and O–H groups in total. The summed E-state index contributed by atoms with van der Waals surface area (Å²) in [6.07, 6.45) is -0.805. The van der Waals surface area contributed by atoms with Crippen molar-refractivity contribution in [1.82, 2.24) is 9.55 Å². The topological polar surface area (TPSA) is 67.5 Å². The third-order valence-electron chi connectivity index (χ3n) is 3.89. The van der Waals surface area contributed by atoms with E-state index in [2.05, 4.69) is 4.98 Å². The number of hydrogen-bond acceptors (Lipinski definition) is 5. The van der Waals surface area contributed by atoms with Crippen LogP contribution in [0.1, 0.15) is 5.56 Å². The van der Waals surface area contributed by atoms with E-state index in [1.54, 1.807) is 11.8 Å². The van der Waals surface area contributed by atoms with E-state index in [1.165, 1.54) is 0 Å². The fourth-order valence-electron chi connectivity index (χ4n) is 2.61. The van der Waals surface area contributed by atoms with Gasteiger partial charge in [-0.05, 0) is 30.7 Å². The molecule has 0 aliphatic carbocycles. The summed E-state index contributed by atoms with van der Waals surface area (Å²) >= 11 is 1.58. The van der Waals surface area contributed by atoms with E-state index in [9.17, 15) is 5.11 Å². The van der Waals surface area contributed by atoms with E-state index in [0.29, 0.717) is 13.2 Å². The van der Waals surface area contributed by atoms with Crippen LogP contribution in [0.25, 0.3) is 11.0 Å². The molecule has 3 rings (SSSR count). The molecule has 0 bridgehead atoms. The number of fused-ring (bicyclic) bond motifs is 1. The van der Waals surface area contributed by atoms with Crippen LogP contribution in [0.2, 0.25) is 0 Å². The number of aliphatic hydroxyl groups excluding tert-OH is 2. The number of benzene rings is 2. The fourth-order valence-corrected chi connectivity index (χ4v) is 3.45.